The van der Waals surface area contributed by atoms with Crippen LogP contribution in [-0.2, 0) is 4.74 Å². The van der Waals surface area contributed by atoms with Crippen LogP contribution in [0.25, 0.3) is 0 Å². The Kier molecular flexibility index (Phi) is 5.03. The average Bonchev–Trinajstić information content (AvgIpc) is 2.17. The van der Waals surface area contributed by atoms with Gasteiger partial charge in [-0.05, 0) is 57.2 Å². The van der Waals surface area contributed by atoms with Crippen molar-refractivity contribution in [2.24, 2.45) is 5.41 Å². The minimum atomic E-state index is 0.330. The highest BCUT2D eigenvalue weighted by atomic mass is 32.1. The highest BCUT2D eigenvalue weighted by Crippen LogP contribution is 2.36. The minimum Gasteiger partial charge on any atom is -0.468 e. The molecule has 1 fully saturated rings. The summed E-state index contributed by atoms with van der Waals surface area (Å²) in [6, 6.07) is 0. The summed E-state index contributed by atoms with van der Waals surface area (Å²) in [5.41, 5.74) is 0.418. The summed E-state index contributed by atoms with van der Waals surface area (Å²) >= 11 is 5.33. The summed E-state index contributed by atoms with van der Waals surface area (Å²) in [4.78, 5) is 2.11. The van der Waals surface area contributed by atoms with Crippen LogP contribution in [0.3, 0.4) is 0 Å². The molecule has 0 amide bonds. The molecular weight excluding hydrogens is 218 g/mol. The SMILES string of the molecule is CCN(CC)C(=S)OC1CCCC(C)(C)C1. The smallest absolute Gasteiger partial charge is 0.259 e. The molecule has 0 aromatic heterocycles. The van der Waals surface area contributed by atoms with Crippen LogP contribution in [0.15, 0.2) is 0 Å². The van der Waals surface area contributed by atoms with Crippen molar-refractivity contribution in [2.45, 2.75) is 59.5 Å². The summed E-state index contributed by atoms with van der Waals surface area (Å²) in [6.07, 6.45) is 5.19. The first-order chi connectivity index (χ1) is 7.48. The van der Waals surface area contributed by atoms with Crippen LogP contribution in [0.1, 0.15) is 53.4 Å². The van der Waals surface area contributed by atoms with E-state index in [1.165, 1.54) is 12.8 Å². The van der Waals surface area contributed by atoms with Crippen molar-refractivity contribution in [3.8, 4) is 0 Å². The molecule has 1 saturated carbocycles. The first-order valence-corrected chi connectivity index (χ1v) is 6.85. The van der Waals surface area contributed by atoms with Crippen LogP contribution in [-0.4, -0.2) is 29.3 Å². The normalized spacial score (nSPS) is 23.9. The minimum absolute atomic E-state index is 0.330. The molecule has 0 N–H and O–H groups in total. The van der Waals surface area contributed by atoms with Crippen molar-refractivity contribution >= 4 is 17.4 Å². The Hall–Kier alpha value is -0.310. The Balaban J connectivity index is 2.44. The van der Waals surface area contributed by atoms with Crippen molar-refractivity contribution in [2.75, 3.05) is 13.1 Å². The third-order valence-corrected chi connectivity index (χ3v) is 3.80. The van der Waals surface area contributed by atoms with Gasteiger partial charge in [0.1, 0.15) is 6.10 Å². The van der Waals surface area contributed by atoms with E-state index in [9.17, 15) is 0 Å². The highest BCUT2D eigenvalue weighted by molar-refractivity contribution is 7.80. The number of hydrogen-bond donors (Lipinski definition) is 0. The predicted octanol–water partition coefficient (Wildman–Crippen LogP) is 3.60. The molecular formula is C13H25NOS. The Morgan fingerprint density at radius 3 is 2.50 bits per heavy atom. The lowest BCUT2D eigenvalue weighted by atomic mass is 9.76. The molecule has 0 heterocycles. The summed E-state index contributed by atoms with van der Waals surface area (Å²) in [6.45, 7) is 10.7. The third-order valence-electron chi connectivity index (χ3n) is 3.45. The van der Waals surface area contributed by atoms with Gasteiger partial charge in [0, 0.05) is 13.1 Å². The molecule has 1 rings (SSSR count). The summed E-state index contributed by atoms with van der Waals surface area (Å²) in [7, 11) is 0. The fourth-order valence-corrected chi connectivity index (χ4v) is 2.82. The number of rotatable bonds is 3. The maximum absolute atomic E-state index is 5.93. The molecule has 0 spiro atoms. The molecule has 1 unspecified atom stereocenters. The number of hydrogen-bond acceptors (Lipinski definition) is 2. The van der Waals surface area contributed by atoms with Gasteiger partial charge in [-0.3, -0.25) is 0 Å². The monoisotopic (exact) mass is 243 g/mol. The number of thiocarbonyl (C=S) groups is 1. The highest BCUT2D eigenvalue weighted by Gasteiger charge is 2.29. The Labute approximate surface area is 105 Å². The van der Waals surface area contributed by atoms with Crippen molar-refractivity contribution < 1.29 is 4.74 Å². The van der Waals surface area contributed by atoms with Gasteiger partial charge in [0.25, 0.3) is 5.17 Å². The predicted molar refractivity (Wildman–Crippen MR) is 72.6 cm³/mol. The third kappa shape index (κ3) is 3.93. The molecule has 0 aromatic carbocycles. The van der Waals surface area contributed by atoms with E-state index in [0.717, 1.165) is 25.9 Å². The molecule has 1 aliphatic carbocycles. The standard InChI is InChI=1S/C13H25NOS/c1-5-14(6-2)12(16)15-11-8-7-9-13(3,4)10-11/h11H,5-10H2,1-4H3. The van der Waals surface area contributed by atoms with Crippen LogP contribution >= 0.6 is 12.2 Å². The van der Waals surface area contributed by atoms with Gasteiger partial charge in [0.2, 0.25) is 0 Å². The quantitative estimate of drug-likeness (QED) is 0.703. The van der Waals surface area contributed by atoms with Gasteiger partial charge in [-0.25, -0.2) is 0 Å². The molecule has 0 bridgehead atoms. The molecule has 0 saturated heterocycles. The Morgan fingerprint density at radius 1 is 1.38 bits per heavy atom. The van der Waals surface area contributed by atoms with Gasteiger partial charge < -0.3 is 9.64 Å². The molecule has 0 aromatic rings. The topological polar surface area (TPSA) is 12.5 Å². The largest absolute Gasteiger partial charge is 0.468 e. The van der Waals surface area contributed by atoms with Crippen molar-refractivity contribution in [1.29, 1.82) is 0 Å². The summed E-state index contributed by atoms with van der Waals surface area (Å²) < 4.78 is 5.93. The lowest BCUT2D eigenvalue weighted by Crippen LogP contribution is -2.36. The molecule has 1 aliphatic rings. The zero-order chi connectivity index (χ0) is 12.2. The number of nitrogens with zero attached hydrogens (tertiary/aromatic N) is 1. The van der Waals surface area contributed by atoms with E-state index in [1.807, 2.05) is 0 Å². The van der Waals surface area contributed by atoms with E-state index in [1.54, 1.807) is 0 Å². The fraction of sp³-hybridized carbons (Fsp3) is 0.923. The van der Waals surface area contributed by atoms with Gasteiger partial charge >= 0.3 is 0 Å². The molecule has 0 radical (unpaired) electrons. The molecule has 16 heavy (non-hydrogen) atoms. The van der Waals surface area contributed by atoms with E-state index in [-0.39, 0.29) is 0 Å². The van der Waals surface area contributed by atoms with Crippen LogP contribution < -0.4 is 0 Å². The van der Waals surface area contributed by atoms with E-state index < -0.39 is 0 Å². The molecule has 3 heteroatoms. The lowest BCUT2D eigenvalue weighted by Gasteiger charge is -2.36. The van der Waals surface area contributed by atoms with Crippen LogP contribution in [0, 0.1) is 5.41 Å². The molecule has 1 atom stereocenters. The molecule has 94 valence electrons. The maximum Gasteiger partial charge on any atom is 0.259 e. The van der Waals surface area contributed by atoms with Crippen molar-refractivity contribution in [3.63, 3.8) is 0 Å². The van der Waals surface area contributed by atoms with Gasteiger partial charge in [-0.2, -0.15) is 0 Å². The zero-order valence-corrected chi connectivity index (χ0v) is 11.9. The van der Waals surface area contributed by atoms with Crippen molar-refractivity contribution in [1.82, 2.24) is 4.90 Å². The van der Waals surface area contributed by atoms with Crippen LogP contribution in [0.4, 0.5) is 0 Å². The number of ether oxygens (including phenoxy) is 1. The summed E-state index contributed by atoms with van der Waals surface area (Å²) in [5.74, 6) is 0. The van der Waals surface area contributed by atoms with Crippen LogP contribution in [0.2, 0.25) is 0 Å². The second-order valence-corrected chi connectivity index (χ2v) is 5.79. The van der Waals surface area contributed by atoms with E-state index >= 15 is 0 Å². The van der Waals surface area contributed by atoms with Gasteiger partial charge in [-0.1, -0.05) is 13.8 Å². The second kappa shape index (κ2) is 5.85. The van der Waals surface area contributed by atoms with Crippen molar-refractivity contribution in [3.05, 3.63) is 0 Å². The van der Waals surface area contributed by atoms with Gasteiger partial charge in [-0.15, -0.1) is 0 Å². The van der Waals surface area contributed by atoms with E-state index in [4.69, 9.17) is 17.0 Å². The summed E-state index contributed by atoms with van der Waals surface area (Å²) in [5, 5.41) is 0.688. The van der Waals surface area contributed by atoms with Gasteiger partial charge in [0.15, 0.2) is 0 Å². The first-order valence-electron chi connectivity index (χ1n) is 6.44. The fourth-order valence-electron chi connectivity index (χ4n) is 2.43. The lowest BCUT2D eigenvalue weighted by molar-refractivity contribution is 0.0648. The van der Waals surface area contributed by atoms with E-state index in [2.05, 4.69) is 32.6 Å². The van der Waals surface area contributed by atoms with E-state index in [0.29, 0.717) is 16.7 Å². The van der Waals surface area contributed by atoms with Gasteiger partial charge in [0.05, 0.1) is 0 Å². The molecule has 0 aliphatic heterocycles. The second-order valence-electron chi connectivity index (χ2n) is 5.44. The average molecular weight is 243 g/mol. The van der Waals surface area contributed by atoms with Crippen LogP contribution in [0.5, 0.6) is 0 Å². The zero-order valence-electron chi connectivity index (χ0n) is 11.1. The first kappa shape index (κ1) is 13.8. The Bertz CT molecular complexity index is 236. The maximum atomic E-state index is 5.93. The Morgan fingerprint density at radius 2 is 2.00 bits per heavy atom. The molecule has 2 nitrogen and oxygen atoms in total.